The molecule has 0 bridgehead atoms. The van der Waals surface area contributed by atoms with Crippen LogP contribution in [0.5, 0.6) is 0 Å². The smallest absolute Gasteiger partial charge is 0.159 e. The second-order valence-electron chi connectivity index (χ2n) is 5.99. The Kier molecular flexibility index (Phi) is 4.27. The number of aryl methyl sites for hydroxylation is 1. The van der Waals surface area contributed by atoms with Crippen LogP contribution in [0.1, 0.15) is 23.7 Å². The van der Waals surface area contributed by atoms with Gasteiger partial charge in [-0.05, 0) is 43.3 Å². The van der Waals surface area contributed by atoms with Crippen molar-refractivity contribution in [3.05, 3.63) is 59.4 Å². The highest BCUT2D eigenvalue weighted by Crippen LogP contribution is 2.31. The van der Waals surface area contributed by atoms with E-state index in [-0.39, 0.29) is 12.1 Å². The molecule has 118 valence electrons. The normalized spacial score (nSPS) is 22.4. The molecule has 1 saturated heterocycles. The first-order valence-corrected chi connectivity index (χ1v) is 7.55. The molecule has 0 spiro atoms. The van der Waals surface area contributed by atoms with Crippen LogP contribution in [0.25, 0.3) is 0 Å². The number of likely N-dealkylation sites (N-methyl/N-ethyl adjacent to an activating group) is 1. The molecule has 1 aromatic carbocycles. The Morgan fingerprint density at radius 2 is 2.00 bits per heavy atom. The third-order valence-corrected chi connectivity index (χ3v) is 4.53. The lowest BCUT2D eigenvalue weighted by atomic mass is 10.00. The topological polar surface area (TPSA) is 20.2 Å². The number of hydrogen-bond donors (Lipinski definition) is 1. The Balaban J connectivity index is 1.75. The summed E-state index contributed by atoms with van der Waals surface area (Å²) in [7, 11) is 4.04. The van der Waals surface area contributed by atoms with E-state index in [1.54, 1.807) is 6.07 Å². The fourth-order valence-corrected chi connectivity index (χ4v) is 3.26. The zero-order chi connectivity index (χ0) is 15.7. The highest BCUT2D eigenvalue weighted by molar-refractivity contribution is 5.24. The second kappa shape index (κ2) is 6.18. The molecule has 1 aromatic heterocycles. The van der Waals surface area contributed by atoms with Crippen molar-refractivity contribution in [3.63, 3.8) is 0 Å². The summed E-state index contributed by atoms with van der Waals surface area (Å²) in [6, 6.07) is 8.61. The SMILES string of the molecule is CN1CC[C@@H](NCc2cccn2C)[C@H]1c1ccc(F)c(F)c1. The van der Waals surface area contributed by atoms with Crippen molar-refractivity contribution in [2.24, 2.45) is 7.05 Å². The van der Waals surface area contributed by atoms with Gasteiger partial charge < -0.3 is 9.88 Å². The minimum absolute atomic E-state index is 0.0652. The molecule has 1 aliphatic heterocycles. The Morgan fingerprint density at radius 1 is 1.18 bits per heavy atom. The third kappa shape index (κ3) is 2.91. The molecule has 3 nitrogen and oxygen atoms in total. The number of halogens is 2. The standard InChI is InChI=1S/C17H21F2N3/c1-21-8-3-4-13(21)11-20-16-7-9-22(2)17(16)12-5-6-14(18)15(19)10-12/h3-6,8,10,16-17,20H,7,9,11H2,1-2H3/t16-,17-/m1/s1. The summed E-state index contributed by atoms with van der Waals surface area (Å²) in [5.41, 5.74) is 2.03. The number of rotatable bonds is 4. The van der Waals surface area contributed by atoms with Gasteiger partial charge >= 0.3 is 0 Å². The van der Waals surface area contributed by atoms with Crippen molar-refractivity contribution in [3.8, 4) is 0 Å². The fraction of sp³-hybridized carbons (Fsp3) is 0.412. The van der Waals surface area contributed by atoms with Gasteiger partial charge in [0.2, 0.25) is 0 Å². The van der Waals surface area contributed by atoms with Crippen molar-refractivity contribution in [1.82, 2.24) is 14.8 Å². The summed E-state index contributed by atoms with van der Waals surface area (Å²) in [4.78, 5) is 2.19. The van der Waals surface area contributed by atoms with Gasteiger partial charge in [0.25, 0.3) is 0 Å². The van der Waals surface area contributed by atoms with Gasteiger partial charge in [0.15, 0.2) is 11.6 Å². The van der Waals surface area contributed by atoms with E-state index in [0.717, 1.165) is 25.1 Å². The molecule has 1 aliphatic rings. The molecule has 2 heterocycles. The van der Waals surface area contributed by atoms with Gasteiger partial charge in [-0.3, -0.25) is 4.90 Å². The molecular formula is C17H21F2N3. The van der Waals surface area contributed by atoms with Crippen LogP contribution in [0.2, 0.25) is 0 Å². The van der Waals surface area contributed by atoms with Crippen LogP contribution in [0, 0.1) is 11.6 Å². The predicted octanol–water partition coefficient (Wildman–Crippen LogP) is 2.84. The molecule has 2 atom stereocenters. The minimum atomic E-state index is -0.794. The Bertz CT molecular complexity index is 653. The molecule has 0 radical (unpaired) electrons. The maximum atomic E-state index is 13.5. The number of hydrogen-bond acceptors (Lipinski definition) is 2. The maximum absolute atomic E-state index is 13.5. The molecule has 2 aromatic rings. The van der Waals surface area contributed by atoms with Crippen LogP contribution in [0.3, 0.4) is 0 Å². The fourth-order valence-electron chi connectivity index (χ4n) is 3.26. The molecule has 1 fully saturated rings. The van der Waals surface area contributed by atoms with Gasteiger partial charge in [-0.25, -0.2) is 8.78 Å². The summed E-state index contributed by atoms with van der Waals surface area (Å²) >= 11 is 0. The largest absolute Gasteiger partial charge is 0.353 e. The van der Waals surface area contributed by atoms with Crippen molar-refractivity contribution in [2.75, 3.05) is 13.6 Å². The second-order valence-corrected chi connectivity index (χ2v) is 5.99. The van der Waals surface area contributed by atoms with Crippen LogP contribution in [0.15, 0.2) is 36.5 Å². The number of nitrogens with zero attached hydrogens (tertiary/aromatic N) is 2. The molecule has 0 aliphatic carbocycles. The van der Waals surface area contributed by atoms with Crippen molar-refractivity contribution < 1.29 is 8.78 Å². The first kappa shape index (κ1) is 15.2. The average Bonchev–Trinajstić information content (AvgIpc) is 3.06. The van der Waals surface area contributed by atoms with Gasteiger partial charge in [0.05, 0.1) is 0 Å². The van der Waals surface area contributed by atoms with E-state index in [9.17, 15) is 8.78 Å². The highest BCUT2D eigenvalue weighted by atomic mass is 19.2. The Hall–Kier alpha value is -1.72. The van der Waals surface area contributed by atoms with Gasteiger partial charge in [0, 0.05) is 44.1 Å². The zero-order valence-electron chi connectivity index (χ0n) is 12.9. The lowest BCUT2D eigenvalue weighted by molar-refractivity contribution is 0.284. The predicted molar refractivity (Wildman–Crippen MR) is 82.4 cm³/mol. The van der Waals surface area contributed by atoms with Crippen LogP contribution < -0.4 is 5.32 Å². The van der Waals surface area contributed by atoms with Gasteiger partial charge in [0.1, 0.15) is 0 Å². The first-order chi connectivity index (χ1) is 10.6. The molecule has 0 amide bonds. The quantitative estimate of drug-likeness (QED) is 0.937. The van der Waals surface area contributed by atoms with Crippen molar-refractivity contribution in [1.29, 1.82) is 0 Å². The first-order valence-electron chi connectivity index (χ1n) is 7.55. The molecule has 22 heavy (non-hydrogen) atoms. The molecular weight excluding hydrogens is 284 g/mol. The maximum Gasteiger partial charge on any atom is 0.159 e. The summed E-state index contributed by atoms with van der Waals surface area (Å²) in [6.45, 7) is 1.71. The van der Waals surface area contributed by atoms with Crippen LogP contribution in [-0.2, 0) is 13.6 Å². The Labute approximate surface area is 129 Å². The molecule has 5 heteroatoms. The van der Waals surface area contributed by atoms with Gasteiger partial charge in [-0.1, -0.05) is 6.07 Å². The third-order valence-electron chi connectivity index (χ3n) is 4.53. The summed E-state index contributed by atoms with van der Waals surface area (Å²) in [6.07, 6.45) is 3.01. The van der Waals surface area contributed by atoms with E-state index in [1.165, 1.54) is 17.8 Å². The van der Waals surface area contributed by atoms with Crippen LogP contribution in [0.4, 0.5) is 8.78 Å². The Morgan fingerprint density at radius 3 is 2.68 bits per heavy atom. The molecule has 0 unspecified atom stereocenters. The minimum Gasteiger partial charge on any atom is -0.353 e. The molecule has 1 N–H and O–H groups in total. The van der Waals surface area contributed by atoms with Crippen LogP contribution in [-0.4, -0.2) is 29.1 Å². The van der Waals surface area contributed by atoms with E-state index in [1.807, 2.05) is 26.4 Å². The van der Waals surface area contributed by atoms with Gasteiger partial charge in [-0.15, -0.1) is 0 Å². The van der Waals surface area contributed by atoms with E-state index < -0.39 is 11.6 Å². The average molecular weight is 305 g/mol. The number of likely N-dealkylation sites (tertiary alicyclic amines) is 1. The summed E-state index contributed by atoms with van der Waals surface area (Å²) < 4.78 is 28.8. The van der Waals surface area contributed by atoms with E-state index >= 15 is 0 Å². The number of aromatic nitrogens is 1. The highest BCUT2D eigenvalue weighted by Gasteiger charge is 2.33. The molecule has 3 rings (SSSR count). The summed E-state index contributed by atoms with van der Waals surface area (Å²) in [5, 5.41) is 3.56. The summed E-state index contributed by atoms with van der Waals surface area (Å²) in [5.74, 6) is -1.57. The number of nitrogens with one attached hydrogen (secondary N) is 1. The van der Waals surface area contributed by atoms with Crippen molar-refractivity contribution >= 4 is 0 Å². The molecule has 0 saturated carbocycles. The van der Waals surface area contributed by atoms with Gasteiger partial charge in [-0.2, -0.15) is 0 Å². The van der Waals surface area contributed by atoms with E-state index in [0.29, 0.717) is 0 Å². The monoisotopic (exact) mass is 305 g/mol. The zero-order valence-corrected chi connectivity index (χ0v) is 12.9. The lowest BCUT2D eigenvalue weighted by Crippen LogP contribution is -2.35. The lowest BCUT2D eigenvalue weighted by Gasteiger charge is -2.26. The number of benzene rings is 1. The van der Waals surface area contributed by atoms with E-state index in [2.05, 4.69) is 20.9 Å². The van der Waals surface area contributed by atoms with Crippen LogP contribution >= 0.6 is 0 Å². The van der Waals surface area contributed by atoms with Crippen molar-refractivity contribution in [2.45, 2.75) is 25.0 Å². The van der Waals surface area contributed by atoms with E-state index in [4.69, 9.17) is 0 Å².